The minimum Gasteiger partial charge on any atom is -0.507 e. The number of phenolic OH excluding ortho intramolecular Hbond substituents is 1. The molecule has 0 aliphatic rings. The highest BCUT2D eigenvalue weighted by atomic mass is 19.4. The minimum atomic E-state index is -4.92. The Bertz CT molecular complexity index is 1030. The maximum absolute atomic E-state index is 13.3. The number of benzene rings is 2. The van der Waals surface area contributed by atoms with Crippen molar-refractivity contribution in [2.45, 2.75) is 72.1 Å². The van der Waals surface area contributed by atoms with Crippen LogP contribution in [0.5, 0.6) is 11.5 Å². The summed E-state index contributed by atoms with van der Waals surface area (Å²) in [6.45, 7) is 7.88. The number of methoxy groups -OCH3 is 1. The first-order valence-electron chi connectivity index (χ1n) is 11.8. The standard InChI is InChI=1S/C27H34F3NO4/c1-6-8-19-15-21(25(31)27(28,29)30)22(32)20(9-7-2)23(19)35-24(26(33)34-5)18-12-10-17(11-13-18)14-16(3)4/h10-13,15-16,24,31-32H,6-9,14H2,1-5H3. The van der Waals surface area contributed by atoms with Gasteiger partial charge >= 0.3 is 12.1 Å². The number of aryl methyl sites for hydroxylation is 1. The molecule has 1 unspecified atom stereocenters. The third-order valence-corrected chi connectivity index (χ3v) is 5.57. The van der Waals surface area contributed by atoms with E-state index in [4.69, 9.17) is 14.9 Å². The third-order valence-electron chi connectivity index (χ3n) is 5.57. The molecular formula is C27H34F3NO4. The van der Waals surface area contributed by atoms with E-state index in [0.717, 1.165) is 18.1 Å². The van der Waals surface area contributed by atoms with Crippen molar-refractivity contribution in [3.05, 3.63) is 58.1 Å². The van der Waals surface area contributed by atoms with Gasteiger partial charge in [0.1, 0.15) is 17.2 Å². The van der Waals surface area contributed by atoms with Crippen molar-refractivity contribution in [2.24, 2.45) is 5.92 Å². The Kier molecular flexibility index (Phi) is 9.74. The quantitative estimate of drug-likeness (QED) is 0.269. The van der Waals surface area contributed by atoms with Crippen LogP contribution in [0.3, 0.4) is 0 Å². The lowest BCUT2D eigenvalue weighted by atomic mass is 9.94. The maximum atomic E-state index is 13.3. The van der Waals surface area contributed by atoms with E-state index in [1.807, 2.05) is 26.0 Å². The molecule has 8 heteroatoms. The predicted molar refractivity (Wildman–Crippen MR) is 129 cm³/mol. The molecule has 0 aliphatic heterocycles. The van der Waals surface area contributed by atoms with Crippen LogP contribution in [0, 0.1) is 11.3 Å². The van der Waals surface area contributed by atoms with E-state index in [1.54, 1.807) is 12.1 Å². The molecule has 0 bridgehead atoms. The monoisotopic (exact) mass is 493 g/mol. The van der Waals surface area contributed by atoms with Gasteiger partial charge in [0.2, 0.25) is 6.10 Å². The second kappa shape index (κ2) is 12.1. The molecule has 0 aliphatic carbocycles. The lowest BCUT2D eigenvalue weighted by Gasteiger charge is -2.24. The molecule has 192 valence electrons. The number of alkyl halides is 3. The molecule has 0 amide bonds. The van der Waals surface area contributed by atoms with Gasteiger partial charge < -0.3 is 14.6 Å². The van der Waals surface area contributed by atoms with Crippen molar-refractivity contribution in [3.8, 4) is 11.5 Å². The van der Waals surface area contributed by atoms with E-state index in [0.29, 0.717) is 36.3 Å². The largest absolute Gasteiger partial charge is 0.507 e. The fraction of sp³-hybridized carbons (Fsp3) is 0.481. The van der Waals surface area contributed by atoms with Gasteiger partial charge in [-0.3, -0.25) is 5.41 Å². The number of esters is 1. The predicted octanol–water partition coefficient (Wildman–Crippen LogP) is 6.72. The number of nitrogens with one attached hydrogen (secondary N) is 1. The molecular weight excluding hydrogens is 459 g/mol. The number of hydrogen-bond donors (Lipinski definition) is 2. The second-order valence-electron chi connectivity index (χ2n) is 8.97. The molecule has 1 atom stereocenters. The first-order valence-corrected chi connectivity index (χ1v) is 11.8. The van der Waals surface area contributed by atoms with Crippen LogP contribution in [0.1, 0.15) is 74.5 Å². The topological polar surface area (TPSA) is 79.6 Å². The van der Waals surface area contributed by atoms with Crippen LogP contribution < -0.4 is 4.74 Å². The zero-order valence-corrected chi connectivity index (χ0v) is 20.9. The lowest BCUT2D eigenvalue weighted by Crippen LogP contribution is -2.24. The van der Waals surface area contributed by atoms with Crippen molar-refractivity contribution in [1.29, 1.82) is 5.41 Å². The number of rotatable bonds is 11. The molecule has 2 aromatic rings. The summed E-state index contributed by atoms with van der Waals surface area (Å²) in [5, 5.41) is 18.4. The van der Waals surface area contributed by atoms with E-state index < -0.39 is 35.3 Å². The summed E-state index contributed by atoms with van der Waals surface area (Å²) in [6.07, 6.45) is -3.59. The van der Waals surface area contributed by atoms with E-state index >= 15 is 0 Å². The van der Waals surface area contributed by atoms with E-state index in [9.17, 15) is 23.1 Å². The van der Waals surface area contributed by atoms with Gasteiger partial charge in [0.25, 0.3) is 0 Å². The smallest absolute Gasteiger partial charge is 0.433 e. The number of ether oxygens (including phenoxy) is 2. The number of hydrogen-bond acceptors (Lipinski definition) is 5. The Morgan fingerprint density at radius 1 is 1.09 bits per heavy atom. The molecule has 0 aromatic heterocycles. The van der Waals surface area contributed by atoms with Gasteiger partial charge in [-0.25, -0.2) is 4.79 Å². The summed E-state index contributed by atoms with van der Waals surface area (Å²) in [7, 11) is 1.23. The maximum Gasteiger partial charge on any atom is 0.433 e. The Hall–Kier alpha value is -3.03. The van der Waals surface area contributed by atoms with Gasteiger partial charge in [-0.2, -0.15) is 13.2 Å². The first-order chi connectivity index (χ1) is 16.4. The van der Waals surface area contributed by atoms with Gasteiger partial charge in [-0.1, -0.05) is 64.8 Å². The summed E-state index contributed by atoms with van der Waals surface area (Å²) in [4.78, 5) is 12.7. The third kappa shape index (κ3) is 6.99. The number of carbonyl (C=O) groups is 1. The Morgan fingerprint density at radius 2 is 1.69 bits per heavy atom. The van der Waals surface area contributed by atoms with E-state index in [2.05, 4.69) is 13.8 Å². The van der Waals surface area contributed by atoms with Crippen molar-refractivity contribution < 1.29 is 32.5 Å². The molecule has 2 rings (SSSR count). The number of phenols is 1. The van der Waals surface area contributed by atoms with Crippen LogP contribution >= 0.6 is 0 Å². The molecule has 0 radical (unpaired) electrons. The highest BCUT2D eigenvalue weighted by Gasteiger charge is 2.38. The van der Waals surface area contributed by atoms with E-state index in [-0.39, 0.29) is 17.7 Å². The summed E-state index contributed by atoms with van der Waals surface area (Å²) < 4.78 is 51.1. The fourth-order valence-corrected chi connectivity index (χ4v) is 3.98. The Balaban J connectivity index is 2.64. The average Bonchev–Trinajstić information content (AvgIpc) is 2.79. The van der Waals surface area contributed by atoms with Crippen LogP contribution in [-0.2, 0) is 28.8 Å². The molecule has 35 heavy (non-hydrogen) atoms. The van der Waals surface area contributed by atoms with Gasteiger partial charge in [0.15, 0.2) is 0 Å². The van der Waals surface area contributed by atoms with Gasteiger partial charge in [-0.05, 0) is 42.4 Å². The zero-order valence-electron chi connectivity index (χ0n) is 20.9. The summed E-state index contributed by atoms with van der Waals surface area (Å²) in [6, 6.07) is 8.49. The van der Waals surface area contributed by atoms with Crippen LogP contribution in [0.25, 0.3) is 0 Å². The average molecular weight is 494 g/mol. The highest BCUT2D eigenvalue weighted by molar-refractivity contribution is 6.05. The van der Waals surface area contributed by atoms with Crippen molar-refractivity contribution >= 4 is 11.7 Å². The lowest BCUT2D eigenvalue weighted by molar-refractivity contribution is -0.149. The molecule has 0 spiro atoms. The fourth-order valence-electron chi connectivity index (χ4n) is 3.98. The van der Waals surface area contributed by atoms with Crippen LogP contribution in [-0.4, -0.2) is 30.1 Å². The number of halogens is 3. The molecule has 0 saturated carbocycles. The molecule has 2 N–H and O–H groups in total. The molecule has 5 nitrogen and oxygen atoms in total. The van der Waals surface area contributed by atoms with Gasteiger partial charge in [0.05, 0.1) is 7.11 Å². The van der Waals surface area contributed by atoms with Crippen LogP contribution in [0.15, 0.2) is 30.3 Å². The Labute approximate surface area is 204 Å². The molecule has 2 aromatic carbocycles. The summed E-state index contributed by atoms with van der Waals surface area (Å²) in [5.41, 5.74) is -0.0546. The van der Waals surface area contributed by atoms with Gasteiger partial charge in [-0.15, -0.1) is 0 Å². The SMILES string of the molecule is CCCc1cc(C(=N)C(F)(F)F)c(O)c(CCC)c1OC(C(=O)OC)c1ccc(CC(C)C)cc1. The van der Waals surface area contributed by atoms with Crippen molar-refractivity contribution in [1.82, 2.24) is 0 Å². The second-order valence-corrected chi connectivity index (χ2v) is 8.97. The van der Waals surface area contributed by atoms with Crippen molar-refractivity contribution in [3.63, 3.8) is 0 Å². The zero-order chi connectivity index (χ0) is 26.3. The van der Waals surface area contributed by atoms with Crippen LogP contribution in [0.4, 0.5) is 13.2 Å². The number of aromatic hydroxyl groups is 1. The minimum absolute atomic E-state index is 0.146. The number of carbonyl (C=O) groups excluding carboxylic acids is 1. The molecule has 0 fully saturated rings. The van der Waals surface area contributed by atoms with Crippen LogP contribution in [0.2, 0.25) is 0 Å². The van der Waals surface area contributed by atoms with E-state index in [1.165, 1.54) is 7.11 Å². The van der Waals surface area contributed by atoms with Crippen molar-refractivity contribution in [2.75, 3.05) is 7.11 Å². The highest BCUT2D eigenvalue weighted by Crippen LogP contribution is 2.41. The summed E-state index contributed by atoms with van der Waals surface area (Å²) in [5.74, 6) is -0.705. The summed E-state index contributed by atoms with van der Waals surface area (Å²) >= 11 is 0. The first kappa shape index (κ1) is 28.2. The normalized spacial score (nSPS) is 12.5. The van der Waals surface area contributed by atoms with Gasteiger partial charge in [0, 0.05) is 16.7 Å². The molecule has 0 saturated heterocycles. The molecule has 0 heterocycles. The Morgan fingerprint density at radius 3 is 2.17 bits per heavy atom.